The molecule has 0 saturated heterocycles. The average molecular weight is 156 g/mol. The van der Waals surface area contributed by atoms with E-state index < -0.39 is 17.3 Å². The van der Waals surface area contributed by atoms with Crippen LogP contribution in [0.15, 0.2) is 0 Å². The molecule has 0 unspecified atom stereocenters. The van der Waals surface area contributed by atoms with E-state index in [9.17, 15) is 13.2 Å². The van der Waals surface area contributed by atoms with E-state index in [4.69, 9.17) is 8.42 Å². The zero-order valence-electron chi connectivity index (χ0n) is 4.27. The fourth-order valence-electron chi connectivity index (χ4n) is 0.0772. The molecule has 0 saturated carbocycles. The predicted molar refractivity (Wildman–Crippen MR) is 15.9 cm³/mol. The molecule has 50 valence electrons. The number of hydrogen-bond donors (Lipinski definition) is 0. The van der Waals surface area contributed by atoms with Gasteiger partial charge in [0, 0.05) is 0 Å². The fraction of sp³-hybridized carbons (Fsp3) is 1.00. The van der Waals surface area contributed by atoms with Crippen molar-refractivity contribution in [3.63, 3.8) is 0 Å². The van der Waals surface area contributed by atoms with Crippen molar-refractivity contribution in [1.29, 1.82) is 0 Å². The monoisotopic (exact) mass is 156 g/mol. The maximum Gasteiger partial charge on any atom is 1.00 e. The van der Waals surface area contributed by atoms with Crippen molar-refractivity contribution < 1.29 is 44.6 Å². The fourth-order valence-corrected chi connectivity index (χ4v) is 0.231. The quantitative estimate of drug-likeness (QED) is 0.318. The Bertz CT molecular complexity index is 130. The third-order valence-corrected chi connectivity index (χ3v) is 0.488. The molecule has 8 heteroatoms. The summed E-state index contributed by atoms with van der Waals surface area (Å²) in [5.41, 5.74) is 0. The van der Waals surface area contributed by atoms with Crippen LogP contribution in [-0.4, -0.2) is 6.36 Å². The third-order valence-electron chi connectivity index (χ3n) is 0.163. The summed E-state index contributed by atoms with van der Waals surface area (Å²) in [6.07, 6.45) is -5.09. The van der Waals surface area contributed by atoms with Crippen molar-refractivity contribution >= 4 is 11.0 Å². The molecular formula is CF3LiO3S. The molecule has 0 aromatic rings. The summed E-state index contributed by atoms with van der Waals surface area (Å²) >= 11 is 0. The standard InChI is InChI=1S/CF3O3S.Li/c2-1(3,4)7-8(5)6;/q-1;+1. The van der Waals surface area contributed by atoms with E-state index in [-0.39, 0.29) is 18.9 Å². The van der Waals surface area contributed by atoms with Crippen LogP contribution < -0.4 is 18.9 Å². The molecule has 0 aliphatic carbocycles. The topological polar surface area (TPSA) is 43.4 Å². The van der Waals surface area contributed by atoms with Gasteiger partial charge in [-0.3, -0.25) is 0 Å². The summed E-state index contributed by atoms with van der Waals surface area (Å²) in [6, 6.07) is 0. The van der Waals surface area contributed by atoms with E-state index >= 15 is 0 Å². The molecule has 0 atom stereocenters. The van der Waals surface area contributed by atoms with Crippen LogP contribution in [0.2, 0.25) is 0 Å². The van der Waals surface area contributed by atoms with Crippen molar-refractivity contribution in [3.8, 4) is 0 Å². The Morgan fingerprint density at radius 2 is 1.56 bits per heavy atom. The van der Waals surface area contributed by atoms with Gasteiger partial charge in [0.05, 0.1) is 11.0 Å². The summed E-state index contributed by atoms with van der Waals surface area (Å²) < 4.78 is 52.6. The first-order valence-corrected chi connectivity index (χ1v) is 2.27. The average Bonchev–Trinajstić information content (AvgIpc) is 1.21. The smallest absolute Gasteiger partial charge is 0.397 e. The molecule has 0 spiro atoms. The van der Waals surface area contributed by atoms with E-state index in [2.05, 4.69) is 4.18 Å². The molecule has 0 aliphatic heterocycles. The van der Waals surface area contributed by atoms with E-state index in [1.165, 1.54) is 0 Å². The molecule has 3 nitrogen and oxygen atoms in total. The Morgan fingerprint density at radius 3 is 1.56 bits per heavy atom. The summed E-state index contributed by atoms with van der Waals surface area (Å²) in [5, 5.41) is 0. The number of rotatable bonds is 1. The molecule has 0 heterocycles. The molecular weight excluding hydrogens is 156 g/mol. The summed E-state index contributed by atoms with van der Waals surface area (Å²) in [7, 11) is -3.51. The molecule has 0 aliphatic rings. The maximum absolute atomic E-state index is 10.7. The zero-order valence-corrected chi connectivity index (χ0v) is 5.08. The molecule has 0 radical (unpaired) electrons. The number of halogens is 3. The Morgan fingerprint density at radius 1 is 1.22 bits per heavy atom. The first-order valence-electron chi connectivity index (χ1n) is 1.27. The number of alkyl halides is 3. The van der Waals surface area contributed by atoms with Crippen LogP contribution >= 0.6 is 0 Å². The van der Waals surface area contributed by atoms with E-state index in [1.54, 1.807) is 0 Å². The van der Waals surface area contributed by atoms with Crippen LogP contribution in [0.3, 0.4) is 0 Å². The first kappa shape index (κ1) is 12.0. The second kappa shape index (κ2) is 4.17. The molecule has 0 amide bonds. The molecule has 0 aromatic heterocycles. The van der Waals surface area contributed by atoms with Gasteiger partial charge in [-0.2, -0.15) is 0 Å². The van der Waals surface area contributed by atoms with Gasteiger partial charge < -0.3 is 12.6 Å². The summed E-state index contributed by atoms with van der Waals surface area (Å²) in [6.45, 7) is 0. The Balaban J connectivity index is 0. The van der Waals surface area contributed by atoms with Gasteiger partial charge in [0.25, 0.3) is 0 Å². The predicted octanol–water partition coefficient (Wildman–Crippen LogP) is -2.25. The minimum Gasteiger partial charge on any atom is -0.397 e. The van der Waals surface area contributed by atoms with E-state index in [0.29, 0.717) is 0 Å². The second-order valence-electron chi connectivity index (χ2n) is 0.733. The zero-order chi connectivity index (χ0) is 6.78. The number of hydrogen-bond acceptors (Lipinski definition) is 4. The van der Waals surface area contributed by atoms with Crippen molar-refractivity contribution in [2.24, 2.45) is 0 Å². The summed E-state index contributed by atoms with van der Waals surface area (Å²) in [4.78, 5) is 0. The van der Waals surface area contributed by atoms with Crippen molar-refractivity contribution in [1.82, 2.24) is 0 Å². The molecule has 0 rings (SSSR count). The van der Waals surface area contributed by atoms with Gasteiger partial charge in [0.2, 0.25) is 0 Å². The minimum absolute atomic E-state index is 0. The molecule has 9 heavy (non-hydrogen) atoms. The Kier molecular flexibility index (Phi) is 5.57. The van der Waals surface area contributed by atoms with Gasteiger partial charge in [-0.25, -0.2) is 0 Å². The molecule has 0 N–H and O–H groups in total. The van der Waals surface area contributed by atoms with E-state index in [0.717, 1.165) is 0 Å². The molecule has 0 bridgehead atoms. The van der Waals surface area contributed by atoms with Gasteiger partial charge in [0.15, 0.2) is 0 Å². The van der Waals surface area contributed by atoms with Crippen molar-refractivity contribution in [2.75, 3.05) is 0 Å². The van der Waals surface area contributed by atoms with Gasteiger partial charge in [0.1, 0.15) is 0 Å². The van der Waals surface area contributed by atoms with Gasteiger partial charge >= 0.3 is 25.2 Å². The minimum atomic E-state index is -5.09. The third kappa shape index (κ3) is 11.7. The molecule has 0 fully saturated rings. The van der Waals surface area contributed by atoms with Gasteiger partial charge in [-0.1, -0.05) is 0 Å². The Labute approximate surface area is 62.5 Å². The maximum atomic E-state index is 10.7. The SMILES string of the molecule is O=[S-](=O)OC(F)(F)F.[Li+]. The van der Waals surface area contributed by atoms with Crippen LogP contribution in [0, 0.1) is 0 Å². The van der Waals surface area contributed by atoms with Gasteiger partial charge in [-0.15, -0.1) is 13.2 Å². The van der Waals surface area contributed by atoms with E-state index in [1.807, 2.05) is 0 Å². The normalized spacial score (nSPS) is 11.1. The van der Waals surface area contributed by atoms with Crippen LogP contribution in [0.25, 0.3) is 0 Å². The van der Waals surface area contributed by atoms with Crippen LogP contribution in [-0.2, 0) is 23.6 Å². The largest absolute Gasteiger partial charge is 1.00 e. The van der Waals surface area contributed by atoms with Crippen LogP contribution in [0.5, 0.6) is 0 Å². The first-order chi connectivity index (χ1) is 3.42. The van der Waals surface area contributed by atoms with Gasteiger partial charge in [-0.05, 0) is 0 Å². The van der Waals surface area contributed by atoms with Crippen molar-refractivity contribution in [2.45, 2.75) is 6.36 Å². The van der Waals surface area contributed by atoms with Crippen molar-refractivity contribution in [3.05, 3.63) is 0 Å². The van der Waals surface area contributed by atoms with Crippen LogP contribution in [0.4, 0.5) is 13.2 Å². The Hall–Kier alpha value is 0.297. The van der Waals surface area contributed by atoms with Crippen LogP contribution in [0.1, 0.15) is 0 Å². The second-order valence-corrected chi connectivity index (χ2v) is 1.31. The summed E-state index contributed by atoms with van der Waals surface area (Å²) in [5.74, 6) is 0. The molecule has 0 aromatic carbocycles.